The van der Waals surface area contributed by atoms with Crippen LogP contribution in [0.15, 0.2) is 18.2 Å². The van der Waals surface area contributed by atoms with E-state index in [1.165, 1.54) is 12.1 Å². The molecule has 0 radical (unpaired) electrons. The molecule has 1 saturated heterocycles. The first-order valence-corrected chi connectivity index (χ1v) is 8.05. The Labute approximate surface area is 121 Å². The predicted molar refractivity (Wildman–Crippen MR) is 75.5 cm³/mol. The van der Waals surface area contributed by atoms with Gasteiger partial charge in [0.1, 0.15) is 11.6 Å². The van der Waals surface area contributed by atoms with E-state index in [2.05, 4.69) is 0 Å². The molecule has 0 spiro atoms. The van der Waals surface area contributed by atoms with Crippen molar-refractivity contribution in [2.24, 2.45) is 5.92 Å². The van der Waals surface area contributed by atoms with E-state index in [1.54, 1.807) is 11.8 Å². The summed E-state index contributed by atoms with van der Waals surface area (Å²) in [6, 6.07) is 3.61. The first kappa shape index (κ1) is 13.9. The molecule has 2 aliphatic rings. The zero-order valence-corrected chi connectivity index (χ0v) is 12.0. The Kier molecular flexibility index (Phi) is 3.96. The van der Waals surface area contributed by atoms with Crippen LogP contribution < -0.4 is 0 Å². The molecule has 1 saturated carbocycles. The Bertz CT molecular complexity index is 519. The molecular formula is C15H17F2NOS. The highest BCUT2D eigenvalue weighted by atomic mass is 32.2. The van der Waals surface area contributed by atoms with Crippen molar-refractivity contribution in [3.63, 3.8) is 0 Å². The zero-order valence-electron chi connectivity index (χ0n) is 11.1. The van der Waals surface area contributed by atoms with Crippen molar-refractivity contribution in [1.29, 1.82) is 0 Å². The van der Waals surface area contributed by atoms with Gasteiger partial charge in [-0.1, -0.05) is 0 Å². The summed E-state index contributed by atoms with van der Waals surface area (Å²) in [4.78, 5) is 14.0. The third-order valence-electron chi connectivity index (χ3n) is 3.88. The van der Waals surface area contributed by atoms with Crippen molar-refractivity contribution in [2.75, 3.05) is 18.8 Å². The lowest BCUT2D eigenvalue weighted by Gasteiger charge is -2.20. The number of thioether (sulfide) groups is 1. The highest BCUT2D eigenvalue weighted by molar-refractivity contribution is 7.99. The van der Waals surface area contributed by atoms with Gasteiger partial charge in [-0.3, -0.25) is 4.79 Å². The highest BCUT2D eigenvalue weighted by Crippen LogP contribution is 2.37. The first-order valence-electron chi connectivity index (χ1n) is 7.00. The highest BCUT2D eigenvalue weighted by Gasteiger charge is 2.34. The SMILES string of the molecule is O=C(C1CC1)N1CCS[C@H](c2cc(F)ccc2F)CC1. The molecule has 1 heterocycles. The average molecular weight is 297 g/mol. The van der Waals surface area contributed by atoms with E-state index < -0.39 is 5.82 Å². The number of hydrogen-bond acceptors (Lipinski definition) is 2. The average Bonchev–Trinajstić information content (AvgIpc) is 3.27. The molecule has 2 fully saturated rings. The Hall–Kier alpha value is -1.10. The van der Waals surface area contributed by atoms with E-state index in [-0.39, 0.29) is 22.9 Å². The molecule has 3 rings (SSSR count). The van der Waals surface area contributed by atoms with E-state index in [4.69, 9.17) is 0 Å². The van der Waals surface area contributed by atoms with Gasteiger partial charge in [0.15, 0.2) is 0 Å². The molecule has 1 atom stereocenters. The van der Waals surface area contributed by atoms with E-state index in [0.29, 0.717) is 25.1 Å². The monoisotopic (exact) mass is 297 g/mol. The second-order valence-corrected chi connectivity index (χ2v) is 6.72. The molecule has 0 N–H and O–H groups in total. The summed E-state index contributed by atoms with van der Waals surface area (Å²) in [6.45, 7) is 1.36. The molecule has 5 heteroatoms. The molecule has 1 aliphatic carbocycles. The standard InChI is InChI=1S/C15H17F2NOS/c16-11-3-4-13(17)12(9-11)14-5-6-18(7-8-20-14)15(19)10-1-2-10/h3-4,9-10,14H,1-2,5-8H2/t14-/m0/s1. The Morgan fingerprint density at radius 3 is 2.75 bits per heavy atom. The van der Waals surface area contributed by atoms with E-state index in [9.17, 15) is 13.6 Å². The van der Waals surface area contributed by atoms with Crippen molar-refractivity contribution >= 4 is 17.7 Å². The summed E-state index contributed by atoms with van der Waals surface area (Å²) in [7, 11) is 0. The first-order chi connectivity index (χ1) is 9.65. The number of amides is 1. The van der Waals surface area contributed by atoms with Crippen LogP contribution in [-0.4, -0.2) is 29.6 Å². The van der Waals surface area contributed by atoms with Crippen LogP contribution >= 0.6 is 11.8 Å². The minimum Gasteiger partial charge on any atom is -0.342 e. The topological polar surface area (TPSA) is 20.3 Å². The largest absolute Gasteiger partial charge is 0.342 e. The van der Waals surface area contributed by atoms with Crippen molar-refractivity contribution in [3.05, 3.63) is 35.4 Å². The van der Waals surface area contributed by atoms with Gasteiger partial charge in [0.05, 0.1) is 0 Å². The molecule has 1 aliphatic heterocycles. The molecule has 108 valence electrons. The quantitative estimate of drug-likeness (QED) is 0.834. The summed E-state index contributed by atoms with van der Waals surface area (Å²) in [5.41, 5.74) is 0.427. The third kappa shape index (κ3) is 2.97. The molecule has 0 unspecified atom stereocenters. The van der Waals surface area contributed by atoms with Crippen molar-refractivity contribution < 1.29 is 13.6 Å². The van der Waals surface area contributed by atoms with Crippen LogP contribution in [0.3, 0.4) is 0 Å². The van der Waals surface area contributed by atoms with Gasteiger partial charge in [-0.25, -0.2) is 8.78 Å². The number of rotatable bonds is 2. The normalized spacial score (nSPS) is 23.5. The van der Waals surface area contributed by atoms with Crippen molar-refractivity contribution in [2.45, 2.75) is 24.5 Å². The molecule has 1 amide bonds. The van der Waals surface area contributed by atoms with E-state index in [0.717, 1.165) is 24.7 Å². The van der Waals surface area contributed by atoms with Crippen molar-refractivity contribution in [3.8, 4) is 0 Å². The maximum atomic E-state index is 13.8. The molecule has 20 heavy (non-hydrogen) atoms. The molecule has 0 aromatic heterocycles. The summed E-state index contributed by atoms with van der Waals surface area (Å²) in [6.07, 6.45) is 2.69. The van der Waals surface area contributed by atoms with Crippen LogP contribution in [0.5, 0.6) is 0 Å². The second kappa shape index (κ2) is 5.72. The Balaban J connectivity index is 1.70. The fraction of sp³-hybridized carbons (Fsp3) is 0.533. The van der Waals surface area contributed by atoms with E-state index >= 15 is 0 Å². The van der Waals surface area contributed by atoms with Crippen LogP contribution in [0.25, 0.3) is 0 Å². The third-order valence-corrected chi connectivity index (χ3v) is 5.19. The maximum Gasteiger partial charge on any atom is 0.225 e. The number of benzene rings is 1. The number of hydrogen-bond donors (Lipinski definition) is 0. The number of carbonyl (C=O) groups is 1. The van der Waals surface area contributed by atoms with Gasteiger partial charge in [-0.05, 0) is 37.5 Å². The minimum absolute atomic E-state index is 0.0669. The predicted octanol–water partition coefficient (Wildman–Crippen LogP) is 3.38. The van der Waals surface area contributed by atoms with Gasteiger partial charge in [0.2, 0.25) is 5.91 Å². The van der Waals surface area contributed by atoms with Gasteiger partial charge < -0.3 is 4.90 Å². The van der Waals surface area contributed by atoms with Gasteiger partial charge in [0.25, 0.3) is 0 Å². The van der Waals surface area contributed by atoms with Gasteiger partial charge in [-0.2, -0.15) is 11.8 Å². The van der Waals surface area contributed by atoms with Crippen LogP contribution in [0.2, 0.25) is 0 Å². The molecule has 1 aromatic carbocycles. The Morgan fingerprint density at radius 1 is 1.20 bits per heavy atom. The number of halogens is 2. The summed E-state index contributed by atoms with van der Waals surface area (Å²) < 4.78 is 27.1. The fourth-order valence-electron chi connectivity index (χ4n) is 2.59. The van der Waals surface area contributed by atoms with Gasteiger partial charge in [-0.15, -0.1) is 0 Å². The maximum absolute atomic E-state index is 13.8. The zero-order chi connectivity index (χ0) is 14.1. The van der Waals surface area contributed by atoms with Gasteiger partial charge >= 0.3 is 0 Å². The molecule has 1 aromatic rings. The molecular weight excluding hydrogens is 280 g/mol. The summed E-state index contributed by atoms with van der Waals surface area (Å²) >= 11 is 1.61. The summed E-state index contributed by atoms with van der Waals surface area (Å²) in [5, 5.41) is -0.0669. The van der Waals surface area contributed by atoms with Crippen molar-refractivity contribution in [1.82, 2.24) is 4.90 Å². The number of nitrogens with zero attached hydrogens (tertiary/aromatic N) is 1. The molecule has 2 nitrogen and oxygen atoms in total. The smallest absolute Gasteiger partial charge is 0.225 e. The minimum atomic E-state index is -0.405. The van der Waals surface area contributed by atoms with Gasteiger partial charge in [0, 0.05) is 35.6 Å². The molecule has 0 bridgehead atoms. The Morgan fingerprint density at radius 2 is 2.00 bits per heavy atom. The van der Waals surface area contributed by atoms with Crippen LogP contribution in [0.4, 0.5) is 8.78 Å². The van der Waals surface area contributed by atoms with E-state index in [1.807, 2.05) is 4.90 Å². The fourth-order valence-corrected chi connectivity index (χ4v) is 3.83. The second-order valence-electron chi connectivity index (χ2n) is 5.41. The summed E-state index contributed by atoms with van der Waals surface area (Å²) in [5.74, 6) is 0.482. The van der Waals surface area contributed by atoms with Crippen LogP contribution in [0.1, 0.15) is 30.1 Å². The lowest BCUT2D eigenvalue weighted by atomic mass is 10.1. The number of carbonyl (C=O) groups excluding carboxylic acids is 1. The van der Waals surface area contributed by atoms with Crippen LogP contribution in [0, 0.1) is 17.6 Å². The lowest BCUT2D eigenvalue weighted by molar-refractivity contribution is -0.132. The van der Waals surface area contributed by atoms with Crippen LogP contribution in [-0.2, 0) is 4.79 Å². The lowest BCUT2D eigenvalue weighted by Crippen LogP contribution is -2.34.